The first kappa shape index (κ1) is 15.2. The molecule has 1 aromatic rings. The molecule has 6 nitrogen and oxygen atoms in total. The van der Waals surface area contributed by atoms with Gasteiger partial charge >= 0.3 is 5.97 Å². The summed E-state index contributed by atoms with van der Waals surface area (Å²) in [7, 11) is 1.86. The minimum absolute atomic E-state index is 0.0123. The Labute approximate surface area is 112 Å². The molecule has 0 aliphatic rings. The molecule has 1 atom stereocenters. The molecule has 0 aromatic carbocycles. The fourth-order valence-corrected chi connectivity index (χ4v) is 2.02. The molecule has 0 aliphatic carbocycles. The monoisotopic (exact) mass is 267 g/mol. The predicted octanol–water partition coefficient (Wildman–Crippen LogP) is 1.15. The minimum Gasteiger partial charge on any atom is -0.481 e. The molecular weight excluding hydrogens is 246 g/mol. The number of amides is 1. The van der Waals surface area contributed by atoms with Gasteiger partial charge < -0.3 is 10.4 Å². The molecule has 0 saturated carbocycles. The smallest absolute Gasteiger partial charge is 0.303 e. The van der Waals surface area contributed by atoms with E-state index in [0.29, 0.717) is 6.54 Å². The summed E-state index contributed by atoms with van der Waals surface area (Å²) in [6.07, 6.45) is 0.239. The Hall–Kier alpha value is -1.85. The van der Waals surface area contributed by atoms with Gasteiger partial charge in [0.15, 0.2) is 0 Å². The molecule has 1 unspecified atom stereocenters. The molecule has 6 heteroatoms. The second kappa shape index (κ2) is 6.36. The number of aryl methyl sites for hydroxylation is 2. The van der Waals surface area contributed by atoms with Crippen LogP contribution in [0, 0.1) is 19.8 Å². The number of carbonyl (C=O) groups excluding carboxylic acids is 1. The van der Waals surface area contributed by atoms with Crippen LogP contribution in [0.4, 0.5) is 0 Å². The largest absolute Gasteiger partial charge is 0.481 e. The number of nitrogens with zero attached hydrogens (tertiary/aromatic N) is 2. The van der Waals surface area contributed by atoms with Crippen LogP contribution in [0.3, 0.4) is 0 Å². The van der Waals surface area contributed by atoms with Crippen LogP contribution in [0.2, 0.25) is 0 Å². The van der Waals surface area contributed by atoms with E-state index < -0.39 is 5.97 Å². The van der Waals surface area contributed by atoms with Gasteiger partial charge in [-0.3, -0.25) is 14.3 Å². The van der Waals surface area contributed by atoms with Crippen LogP contribution in [0.25, 0.3) is 0 Å². The van der Waals surface area contributed by atoms with E-state index in [1.165, 1.54) is 0 Å². The van der Waals surface area contributed by atoms with Crippen LogP contribution in [0.5, 0.6) is 0 Å². The van der Waals surface area contributed by atoms with Crippen molar-refractivity contribution >= 4 is 11.9 Å². The van der Waals surface area contributed by atoms with Crippen LogP contribution in [0.1, 0.15) is 36.7 Å². The van der Waals surface area contributed by atoms with Gasteiger partial charge in [-0.25, -0.2) is 0 Å². The summed E-state index contributed by atoms with van der Waals surface area (Å²) in [6.45, 7) is 6.05. The van der Waals surface area contributed by atoms with Gasteiger partial charge in [-0.15, -0.1) is 0 Å². The van der Waals surface area contributed by atoms with Gasteiger partial charge in [0.1, 0.15) is 0 Å². The lowest BCUT2D eigenvalue weighted by molar-refractivity contribution is -0.138. The molecule has 0 radical (unpaired) electrons. The summed E-state index contributed by atoms with van der Waals surface area (Å²) in [6, 6.07) is 0. The highest BCUT2D eigenvalue weighted by Crippen LogP contribution is 2.12. The molecule has 0 bridgehead atoms. The number of hydrogen-bond donors (Lipinski definition) is 2. The number of carbonyl (C=O) groups is 2. The van der Waals surface area contributed by atoms with E-state index in [0.717, 1.165) is 17.0 Å². The normalized spacial score (nSPS) is 12.2. The molecule has 2 N–H and O–H groups in total. The summed E-state index contributed by atoms with van der Waals surface area (Å²) in [4.78, 5) is 22.2. The lowest BCUT2D eigenvalue weighted by Gasteiger charge is -2.09. The molecule has 19 heavy (non-hydrogen) atoms. The number of carboxylic acids is 1. The second-order valence-corrected chi connectivity index (χ2v) is 4.96. The zero-order chi connectivity index (χ0) is 14.6. The van der Waals surface area contributed by atoms with Gasteiger partial charge in [0.25, 0.3) is 0 Å². The molecule has 0 fully saturated rings. The molecule has 0 spiro atoms. The summed E-state index contributed by atoms with van der Waals surface area (Å²) in [5, 5.41) is 15.7. The van der Waals surface area contributed by atoms with E-state index in [1.54, 1.807) is 11.6 Å². The maximum Gasteiger partial charge on any atom is 0.303 e. The van der Waals surface area contributed by atoms with E-state index in [9.17, 15) is 9.59 Å². The summed E-state index contributed by atoms with van der Waals surface area (Å²) in [5.41, 5.74) is 2.94. The lowest BCUT2D eigenvalue weighted by atomic mass is 10.0. The Bertz CT molecular complexity index is 480. The topological polar surface area (TPSA) is 84.2 Å². The summed E-state index contributed by atoms with van der Waals surface area (Å²) in [5.74, 6) is -1.16. The van der Waals surface area contributed by atoms with Crippen molar-refractivity contribution in [3.63, 3.8) is 0 Å². The number of aliphatic carboxylic acids is 1. The fourth-order valence-electron chi connectivity index (χ4n) is 2.02. The van der Waals surface area contributed by atoms with Gasteiger partial charge in [0.05, 0.1) is 5.69 Å². The van der Waals surface area contributed by atoms with Crippen molar-refractivity contribution in [2.45, 2.75) is 40.2 Å². The third kappa shape index (κ3) is 4.39. The molecule has 106 valence electrons. The molecule has 0 aliphatic heterocycles. The first-order valence-corrected chi connectivity index (χ1v) is 6.28. The first-order chi connectivity index (χ1) is 8.81. The van der Waals surface area contributed by atoms with Crippen LogP contribution < -0.4 is 5.32 Å². The van der Waals surface area contributed by atoms with Gasteiger partial charge in [0.2, 0.25) is 5.91 Å². The fraction of sp³-hybridized carbons (Fsp3) is 0.615. The summed E-state index contributed by atoms with van der Waals surface area (Å²) >= 11 is 0. The second-order valence-electron chi connectivity index (χ2n) is 4.96. The zero-order valence-corrected chi connectivity index (χ0v) is 11.9. The van der Waals surface area contributed by atoms with Gasteiger partial charge in [0, 0.05) is 37.7 Å². The Morgan fingerprint density at radius 1 is 1.37 bits per heavy atom. The van der Waals surface area contributed by atoms with E-state index >= 15 is 0 Å². The Morgan fingerprint density at radius 2 is 2.00 bits per heavy atom. The maximum absolute atomic E-state index is 11.7. The van der Waals surface area contributed by atoms with Crippen molar-refractivity contribution in [1.82, 2.24) is 15.1 Å². The number of hydrogen-bond acceptors (Lipinski definition) is 3. The molecular formula is C13H21N3O3. The predicted molar refractivity (Wildman–Crippen MR) is 70.6 cm³/mol. The Balaban J connectivity index is 2.48. The molecule has 1 heterocycles. The van der Waals surface area contributed by atoms with Crippen molar-refractivity contribution in [3.8, 4) is 0 Å². The average molecular weight is 267 g/mol. The van der Waals surface area contributed by atoms with E-state index in [-0.39, 0.29) is 24.7 Å². The van der Waals surface area contributed by atoms with Gasteiger partial charge in [-0.1, -0.05) is 6.92 Å². The van der Waals surface area contributed by atoms with Crippen molar-refractivity contribution in [1.29, 1.82) is 0 Å². The average Bonchev–Trinajstić information content (AvgIpc) is 2.49. The highest BCUT2D eigenvalue weighted by molar-refractivity contribution is 5.77. The van der Waals surface area contributed by atoms with E-state index in [2.05, 4.69) is 10.4 Å². The number of rotatable bonds is 6. The van der Waals surface area contributed by atoms with E-state index in [1.807, 2.05) is 20.9 Å². The highest BCUT2D eigenvalue weighted by atomic mass is 16.4. The van der Waals surface area contributed by atoms with Gasteiger partial charge in [-0.05, 0) is 19.8 Å². The van der Waals surface area contributed by atoms with Gasteiger partial charge in [-0.2, -0.15) is 5.10 Å². The molecule has 1 aromatic heterocycles. The van der Waals surface area contributed by atoms with Crippen LogP contribution >= 0.6 is 0 Å². The van der Waals surface area contributed by atoms with E-state index in [4.69, 9.17) is 5.11 Å². The first-order valence-electron chi connectivity index (χ1n) is 6.28. The standard InChI is InChI=1S/C13H21N3O3/c1-8(6-13(18)19)5-12(17)14-7-11-9(2)15-16(4)10(11)3/h8H,5-7H2,1-4H3,(H,14,17)(H,18,19). The minimum atomic E-state index is -0.876. The Morgan fingerprint density at radius 3 is 2.47 bits per heavy atom. The SMILES string of the molecule is Cc1nn(C)c(C)c1CNC(=O)CC(C)CC(=O)O. The van der Waals surface area contributed by atoms with Crippen LogP contribution in [-0.2, 0) is 23.2 Å². The zero-order valence-electron chi connectivity index (χ0n) is 11.9. The summed E-state index contributed by atoms with van der Waals surface area (Å²) < 4.78 is 1.78. The van der Waals surface area contributed by atoms with Crippen LogP contribution in [0.15, 0.2) is 0 Å². The Kier molecular flexibility index (Phi) is 5.09. The maximum atomic E-state index is 11.7. The lowest BCUT2D eigenvalue weighted by Crippen LogP contribution is -2.25. The van der Waals surface area contributed by atoms with Crippen molar-refractivity contribution < 1.29 is 14.7 Å². The quantitative estimate of drug-likeness (QED) is 0.810. The van der Waals surface area contributed by atoms with Crippen molar-refractivity contribution in [2.24, 2.45) is 13.0 Å². The molecule has 1 amide bonds. The number of aromatic nitrogens is 2. The van der Waals surface area contributed by atoms with Crippen molar-refractivity contribution in [2.75, 3.05) is 0 Å². The van der Waals surface area contributed by atoms with Crippen molar-refractivity contribution in [3.05, 3.63) is 17.0 Å². The third-order valence-electron chi connectivity index (χ3n) is 3.18. The van der Waals surface area contributed by atoms with Crippen LogP contribution in [-0.4, -0.2) is 26.8 Å². The number of carboxylic acid groups (broad SMARTS) is 1. The highest BCUT2D eigenvalue weighted by Gasteiger charge is 2.14. The molecule has 1 rings (SSSR count). The number of nitrogens with one attached hydrogen (secondary N) is 1. The third-order valence-corrected chi connectivity index (χ3v) is 3.18. The molecule has 0 saturated heterocycles.